The first kappa shape index (κ1) is 115. The molecule has 6 aliphatic rings. The monoisotopic (exact) mass is 1700 g/mol. The Kier molecular flexibility index (Phi) is 63.9. The Morgan fingerprint density at radius 3 is 1.02 bits per heavy atom. The number of hydrogen-bond donors (Lipinski definition) is 4. The van der Waals surface area contributed by atoms with E-state index in [9.17, 15) is 43.2 Å². The highest BCUT2D eigenvalue weighted by atomic mass is 16.5. The predicted molar refractivity (Wildman–Crippen MR) is 486 cm³/mol. The number of carboxylic acids is 1. The molecule has 0 spiro atoms. The number of unbranched alkanes of at least 4 members (excludes halogenated alkanes) is 5. The van der Waals surface area contributed by atoms with E-state index in [1.165, 1.54) is 173 Å². The lowest BCUT2D eigenvalue weighted by atomic mass is 9.71. The van der Waals surface area contributed by atoms with Gasteiger partial charge < -0.3 is 38.6 Å². The van der Waals surface area contributed by atoms with Crippen molar-refractivity contribution < 1.29 is 87.0 Å². The standard InChI is InChI=1S/C18H34O3.C18H30O3.C17H30O3.C17H32O2.C15H27NO3.C15H26O3.CH4O/c2*1-5-21-16(19)13-9-10-14-18(2,3)17(20-4)15-11-7-6-8-12-15;1-4-20-15(18)12-8-9-13-17(2,3)16(19)14-10-6-5-7-11-14;1-4-19-16(18)12-8-9-13-17(2,3)14-15-10-6-5-7-11-15;1-15(2,11-7-6-10-13(17)16-19)14(18)12-8-4-3-5-9-12;1-15(2,11-7-6-10-13(16)17)14(18)12-8-4-3-5-9-12;1-2/h15,17H,5-14H2,1-4H3;9-10,13-15,17H,5-8,11-12H2,1-4H3;14H,4-13H2,1-3H3;15H,4-14H2,1-3H3;12,19H,3-11H2,1-2H3,(H,16,17);12H,3-11H2,1-2H3,(H,16,17);2H,1H3/b;13-9+,14-10+;;;;;. The number of allylic oxidation sites excluding steroid dienone is 2. The fraction of sp³-hybridized carbons (Fsp3) is 0.871. The van der Waals surface area contributed by atoms with E-state index in [1.807, 2.05) is 68.8 Å². The van der Waals surface area contributed by atoms with Crippen molar-refractivity contribution in [2.24, 2.45) is 68.0 Å². The number of nitrogens with one attached hydrogen (secondary N) is 1. The van der Waals surface area contributed by atoms with Crippen LogP contribution < -0.4 is 5.48 Å². The van der Waals surface area contributed by atoms with E-state index in [1.54, 1.807) is 18.5 Å². The number of esters is 4. The predicted octanol–water partition coefficient (Wildman–Crippen LogP) is 25.1. The number of carboxylic acid groups (broad SMARTS) is 1. The van der Waals surface area contributed by atoms with E-state index in [0.717, 1.165) is 129 Å². The van der Waals surface area contributed by atoms with Gasteiger partial charge in [-0.1, -0.05) is 262 Å². The summed E-state index contributed by atoms with van der Waals surface area (Å²) in [6, 6.07) is 0. The van der Waals surface area contributed by atoms with Crippen molar-refractivity contribution in [1.29, 1.82) is 0 Å². The minimum Gasteiger partial charge on any atom is -0.481 e. The highest BCUT2D eigenvalue weighted by Gasteiger charge is 2.40. The van der Waals surface area contributed by atoms with Crippen molar-refractivity contribution in [3.8, 4) is 0 Å². The molecule has 6 fully saturated rings. The Balaban J connectivity index is 0.00000141. The molecule has 0 heterocycles. The molecule has 2 unspecified atom stereocenters. The van der Waals surface area contributed by atoms with E-state index in [-0.39, 0.29) is 87.1 Å². The molecule has 0 saturated heterocycles. The molecule has 19 heteroatoms. The number of ketones is 3. The number of Topliss-reactive ketones (excluding diaryl/α,β-unsaturated/α-hetero) is 3. The van der Waals surface area contributed by atoms with Crippen molar-refractivity contribution in [1.82, 2.24) is 5.48 Å². The number of amides is 1. The third-order valence-corrected chi connectivity index (χ3v) is 26.1. The van der Waals surface area contributed by atoms with Gasteiger partial charge in [-0.3, -0.25) is 43.6 Å². The molecule has 2 atom stereocenters. The van der Waals surface area contributed by atoms with Gasteiger partial charge in [0, 0.05) is 98.9 Å². The molecule has 0 aliphatic heterocycles. The second-order valence-electron chi connectivity index (χ2n) is 39.4. The van der Waals surface area contributed by atoms with Crippen molar-refractivity contribution in [2.45, 2.75) is 450 Å². The average molecular weight is 1700 g/mol. The molecule has 0 aromatic carbocycles. The van der Waals surface area contributed by atoms with E-state index in [0.29, 0.717) is 106 Å². The number of ether oxygens (including phenoxy) is 6. The van der Waals surface area contributed by atoms with Gasteiger partial charge in [-0.05, 0) is 191 Å². The van der Waals surface area contributed by atoms with Crippen LogP contribution in [0.4, 0.5) is 0 Å². The van der Waals surface area contributed by atoms with E-state index in [2.05, 4.69) is 61.5 Å². The molecule has 0 bridgehead atoms. The third kappa shape index (κ3) is 52.8. The maximum Gasteiger partial charge on any atom is 0.330 e. The quantitative estimate of drug-likeness (QED) is 0.00838. The number of carbonyl (C=O) groups excluding carboxylic acids is 8. The van der Waals surface area contributed by atoms with E-state index in [4.69, 9.17) is 43.8 Å². The van der Waals surface area contributed by atoms with Gasteiger partial charge >= 0.3 is 29.8 Å². The van der Waals surface area contributed by atoms with Crippen LogP contribution >= 0.6 is 0 Å². The molecule has 6 aliphatic carbocycles. The SMILES string of the molecule is CC(C)(CCCCC(=O)NO)C(=O)C1CCCCC1.CC(C)(CCCCC(=O)O)C(=O)C1CCCCC1.CCOC(=O)/C=C/C=C/C(C)(C)C(OC)C1CCCCC1.CCOC(=O)CCCCC(C)(C)C(=O)C1CCCCC1.CCOC(=O)CCCCC(C)(C)C(OC)C1CCCCC1.CCOC(=O)CCCCC(C)(C)CC1CCCCC1.CO. The van der Waals surface area contributed by atoms with Gasteiger partial charge in [0.05, 0.1) is 38.6 Å². The minimum absolute atomic E-state index is 0.0346. The van der Waals surface area contributed by atoms with Crippen molar-refractivity contribution >= 4 is 53.1 Å². The fourth-order valence-corrected chi connectivity index (χ4v) is 19.4. The first-order chi connectivity index (χ1) is 56.9. The maximum absolute atomic E-state index is 12.6. The lowest BCUT2D eigenvalue weighted by Gasteiger charge is -2.40. The summed E-state index contributed by atoms with van der Waals surface area (Å²) in [6.07, 6.45) is 62.8. The Morgan fingerprint density at radius 1 is 0.375 bits per heavy atom. The van der Waals surface area contributed by atoms with Gasteiger partial charge in [-0.15, -0.1) is 0 Å². The Hall–Kier alpha value is -4.85. The van der Waals surface area contributed by atoms with Crippen LogP contribution in [0.5, 0.6) is 0 Å². The maximum atomic E-state index is 12.6. The molecule has 4 N–H and O–H groups in total. The van der Waals surface area contributed by atoms with Crippen LogP contribution in [0.2, 0.25) is 0 Å². The highest BCUT2D eigenvalue weighted by molar-refractivity contribution is 5.87. The number of methoxy groups -OCH3 is 2. The van der Waals surface area contributed by atoms with Gasteiger partial charge in [-0.25, -0.2) is 10.3 Å². The van der Waals surface area contributed by atoms with Crippen LogP contribution in [0.15, 0.2) is 24.3 Å². The van der Waals surface area contributed by atoms with Crippen LogP contribution in [0, 0.1) is 68.0 Å². The molecule has 0 aromatic rings. The van der Waals surface area contributed by atoms with Crippen LogP contribution in [0.1, 0.15) is 438 Å². The van der Waals surface area contributed by atoms with Crippen molar-refractivity contribution in [3.05, 3.63) is 24.3 Å². The zero-order chi connectivity index (χ0) is 90.5. The second kappa shape index (κ2) is 66.6. The van der Waals surface area contributed by atoms with Crippen LogP contribution in [-0.4, -0.2) is 128 Å². The van der Waals surface area contributed by atoms with Gasteiger partial charge in [0.2, 0.25) is 5.91 Å². The summed E-state index contributed by atoms with van der Waals surface area (Å²) in [7, 11) is 4.67. The van der Waals surface area contributed by atoms with Crippen LogP contribution in [0.3, 0.4) is 0 Å². The van der Waals surface area contributed by atoms with Gasteiger partial charge in [0.1, 0.15) is 17.3 Å². The van der Waals surface area contributed by atoms with Crippen molar-refractivity contribution in [2.75, 3.05) is 47.8 Å². The van der Waals surface area contributed by atoms with Crippen LogP contribution in [0.25, 0.3) is 0 Å². The number of aliphatic carboxylic acids is 1. The van der Waals surface area contributed by atoms with E-state index < -0.39 is 5.97 Å². The Labute approximate surface area is 732 Å². The highest BCUT2D eigenvalue weighted by Crippen LogP contribution is 2.43. The summed E-state index contributed by atoms with van der Waals surface area (Å²) < 4.78 is 31.4. The molecule has 700 valence electrons. The Bertz CT molecular complexity index is 2780. The third-order valence-electron chi connectivity index (χ3n) is 26.1. The molecule has 6 rings (SSSR count). The second-order valence-corrected chi connectivity index (χ2v) is 39.4. The topological polar surface area (TPSA) is 282 Å². The molecule has 120 heavy (non-hydrogen) atoms. The molecule has 6 saturated carbocycles. The summed E-state index contributed by atoms with van der Waals surface area (Å²) >= 11 is 0. The molecular formula is C101H183NO18. The summed E-state index contributed by atoms with van der Waals surface area (Å²) in [4.78, 5) is 104. The smallest absolute Gasteiger partial charge is 0.330 e. The summed E-state index contributed by atoms with van der Waals surface area (Å²) in [6.45, 7) is 35.2. The van der Waals surface area contributed by atoms with Gasteiger partial charge in [0.25, 0.3) is 0 Å². The molecule has 0 aromatic heterocycles. The molecule has 19 nitrogen and oxygen atoms in total. The lowest BCUT2D eigenvalue weighted by Crippen LogP contribution is -2.38. The molecule has 0 radical (unpaired) electrons. The number of rotatable bonds is 46. The number of hydrogen-bond acceptors (Lipinski definition) is 17. The average Bonchev–Trinajstić information content (AvgIpc) is 1.24. The van der Waals surface area contributed by atoms with E-state index >= 15 is 0 Å². The van der Waals surface area contributed by atoms with Crippen LogP contribution in [-0.2, 0) is 71.6 Å². The fourth-order valence-electron chi connectivity index (χ4n) is 19.4. The Morgan fingerprint density at radius 2 is 0.683 bits per heavy atom. The first-order valence-corrected chi connectivity index (χ1v) is 48.2. The van der Waals surface area contributed by atoms with Crippen molar-refractivity contribution in [3.63, 3.8) is 0 Å². The summed E-state index contributed by atoms with van der Waals surface area (Å²) in [5.41, 5.74) is 1.42. The largest absolute Gasteiger partial charge is 0.481 e. The first-order valence-electron chi connectivity index (χ1n) is 48.2. The summed E-state index contributed by atoms with van der Waals surface area (Å²) in [5.74, 6) is 2.72. The lowest BCUT2D eigenvalue weighted by molar-refractivity contribution is -0.144. The number of carbonyl (C=O) groups is 9. The normalized spacial score (nSPS) is 17.6. The number of aliphatic hydroxyl groups is 1. The number of hydroxylamine groups is 1. The summed E-state index contributed by atoms with van der Waals surface area (Å²) in [5, 5.41) is 24.0. The zero-order valence-electron chi connectivity index (χ0n) is 80.3. The molecular weight excluding hydrogens is 1520 g/mol. The van der Waals surface area contributed by atoms with Gasteiger partial charge in [-0.2, -0.15) is 0 Å². The zero-order valence-corrected chi connectivity index (χ0v) is 80.3. The number of aliphatic hydroxyl groups excluding tert-OH is 1. The minimum atomic E-state index is -0.744. The van der Waals surface area contributed by atoms with Gasteiger partial charge in [0.15, 0.2) is 0 Å². The molecule has 1 amide bonds.